The summed E-state index contributed by atoms with van der Waals surface area (Å²) in [6.45, 7) is 2.55. The number of aromatic amines is 1. The molecule has 0 aliphatic rings. The van der Waals surface area contributed by atoms with Crippen molar-refractivity contribution in [2.45, 2.75) is 25.8 Å². The molecule has 8 heteroatoms. The van der Waals surface area contributed by atoms with E-state index in [1.165, 1.54) is 6.20 Å². The van der Waals surface area contributed by atoms with Crippen molar-refractivity contribution in [2.24, 2.45) is 0 Å². The number of hydrogen-bond donors (Lipinski definition) is 2. The van der Waals surface area contributed by atoms with Crippen LogP contribution in [0.25, 0.3) is 0 Å². The van der Waals surface area contributed by atoms with Crippen LogP contribution in [0.5, 0.6) is 0 Å². The first kappa shape index (κ1) is 20.4. The van der Waals surface area contributed by atoms with E-state index in [2.05, 4.69) is 27.1 Å². The summed E-state index contributed by atoms with van der Waals surface area (Å²) in [4.78, 5) is 33.2. The maximum absolute atomic E-state index is 12.2. The van der Waals surface area contributed by atoms with Gasteiger partial charge in [-0.25, -0.2) is 4.98 Å². The van der Waals surface area contributed by atoms with E-state index in [9.17, 15) is 9.59 Å². The zero-order valence-electron chi connectivity index (χ0n) is 15.0. The van der Waals surface area contributed by atoms with Crippen LogP contribution < -0.4 is 10.9 Å². The number of benzene rings is 1. The predicted octanol–water partition coefficient (Wildman–Crippen LogP) is 2.74. The molecule has 1 aromatic heterocycles. The minimum absolute atomic E-state index is 0.0171. The number of aromatic nitrogens is 2. The van der Waals surface area contributed by atoms with Gasteiger partial charge >= 0.3 is 0 Å². The van der Waals surface area contributed by atoms with Crippen molar-refractivity contribution >= 4 is 29.1 Å². The van der Waals surface area contributed by atoms with Crippen LogP contribution in [0.15, 0.2) is 29.2 Å². The Bertz CT molecular complexity index is 816. The maximum atomic E-state index is 12.2. The standard InChI is InChI=1S/C18H22Cl2N4O2/c1-11(24(2)3)7-8-21-17(25)13-10-22-16(23-18(13)26)9-12-14(19)5-4-6-15(12)20/h4-6,10-11H,7-9H2,1-3H3,(H,21,25)(H,22,23,26). The highest BCUT2D eigenvalue weighted by Gasteiger charge is 2.14. The Kier molecular flexibility index (Phi) is 7.20. The molecule has 1 amide bonds. The molecule has 1 unspecified atom stereocenters. The first-order valence-electron chi connectivity index (χ1n) is 8.25. The third-order valence-corrected chi connectivity index (χ3v) is 4.94. The van der Waals surface area contributed by atoms with Crippen molar-refractivity contribution in [1.82, 2.24) is 20.2 Å². The Balaban J connectivity index is 2.05. The third kappa shape index (κ3) is 5.30. The molecule has 1 aromatic carbocycles. The molecule has 2 N–H and O–H groups in total. The van der Waals surface area contributed by atoms with Crippen molar-refractivity contribution in [3.8, 4) is 0 Å². The summed E-state index contributed by atoms with van der Waals surface area (Å²) in [7, 11) is 3.95. The molecule has 1 atom stereocenters. The van der Waals surface area contributed by atoms with E-state index in [0.29, 0.717) is 34.0 Å². The second-order valence-corrected chi connectivity index (χ2v) is 7.12. The number of halogens is 2. The molecule has 2 aromatic rings. The van der Waals surface area contributed by atoms with Gasteiger partial charge in [0.25, 0.3) is 11.5 Å². The summed E-state index contributed by atoms with van der Waals surface area (Å²) in [5.74, 6) is -0.0465. The van der Waals surface area contributed by atoms with Gasteiger partial charge in [-0.2, -0.15) is 0 Å². The van der Waals surface area contributed by atoms with Crippen LogP contribution in [0.4, 0.5) is 0 Å². The summed E-state index contributed by atoms with van der Waals surface area (Å²) in [6, 6.07) is 5.51. The minimum atomic E-state index is -0.490. The average molecular weight is 397 g/mol. The smallest absolute Gasteiger partial charge is 0.263 e. The molecular formula is C18H22Cl2N4O2. The zero-order chi connectivity index (χ0) is 19.3. The van der Waals surface area contributed by atoms with E-state index in [1.54, 1.807) is 18.2 Å². The third-order valence-electron chi connectivity index (χ3n) is 4.23. The molecule has 1 heterocycles. The second-order valence-electron chi connectivity index (χ2n) is 6.31. The molecule has 0 aliphatic heterocycles. The van der Waals surface area contributed by atoms with Gasteiger partial charge in [0, 0.05) is 35.2 Å². The van der Waals surface area contributed by atoms with Crippen LogP contribution in [-0.4, -0.2) is 47.5 Å². The lowest BCUT2D eigenvalue weighted by Crippen LogP contribution is -2.34. The van der Waals surface area contributed by atoms with Gasteiger partial charge in [-0.05, 0) is 45.1 Å². The molecule has 0 bridgehead atoms. The van der Waals surface area contributed by atoms with Crippen LogP contribution in [0.3, 0.4) is 0 Å². The molecule has 0 saturated heterocycles. The van der Waals surface area contributed by atoms with Crippen molar-refractivity contribution in [3.63, 3.8) is 0 Å². The summed E-state index contributed by atoms with van der Waals surface area (Å²) < 4.78 is 0. The van der Waals surface area contributed by atoms with Gasteiger partial charge in [0.15, 0.2) is 0 Å². The molecular weight excluding hydrogens is 375 g/mol. The molecule has 0 radical (unpaired) electrons. The zero-order valence-corrected chi connectivity index (χ0v) is 16.5. The first-order valence-corrected chi connectivity index (χ1v) is 9.01. The van der Waals surface area contributed by atoms with Crippen molar-refractivity contribution in [3.05, 3.63) is 61.7 Å². The number of nitrogens with one attached hydrogen (secondary N) is 2. The second kappa shape index (κ2) is 9.16. The Morgan fingerprint density at radius 2 is 1.96 bits per heavy atom. The van der Waals surface area contributed by atoms with E-state index in [-0.39, 0.29) is 12.0 Å². The highest BCUT2D eigenvalue weighted by atomic mass is 35.5. The number of H-pyrrole nitrogens is 1. The number of carbonyl (C=O) groups excluding carboxylic acids is 1. The summed E-state index contributed by atoms with van der Waals surface area (Å²) in [5.41, 5.74) is 0.168. The minimum Gasteiger partial charge on any atom is -0.352 e. The van der Waals surface area contributed by atoms with E-state index >= 15 is 0 Å². The quantitative estimate of drug-likeness (QED) is 0.753. The lowest BCUT2D eigenvalue weighted by molar-refractivity contribution is 0.0948. The van der Waals surface area contributed by atoms with Crippen molar-refractivity contribution < 1.29 is 4.79 Å². The predicted molar refractivity (Wildman–Crippen MR) is 104 cm³/mol. The van der Waals surface area contributed by atoms with E-state index in [0.717, 1.165) is 6.42 Å². The fraction of sp³-hybridized carbons (Fsp3) is 0.389. The van der Waals surface area contributed by atoms with Gasteiger partial charge < -0.3 is 15.2 Å². The van der Waals surface area contributed by atoms with Crippen LogP contribution in [0.2, 0.25) is 10.0 Å². The van der Waals surface area contributed by atoms with Crippen LogP contribution in [0, 0.1) is 0 Å². The summed E-state index contributed by atoms with van der Waals surface area (Å²) in [6.07, 6.45) is 2.34. The fourth-order valence-corrected chi connectivity index (χ4v) is 2.83. The number of hydrogen-bond acceptors (Lipinski definition) is 4. The van der Waals surface area contributed by atoms with Crippen LogP contribution >= 0.6 is 23.2 Å². The topological polar surface area (TPSA) is 78.1 Å². The lowest BCUT2D eigenvalue weighted by atomic mass is 10.1. The molecule has 0 spiro atoms. The number of nitrogens with zero attached hydrogens (tertiary/aromatic N) is 2. The molecule has 6 nitrogen and oxygen atoms in total. The highest BCUT2D eigenvalue weighted by Crippen LogP contribution is 2.25. The van der Waals surface area contributed by atoms with Gasteiger partial charge in [0.05, 0.1) is 0 Å². The SMILES string of the molecule is CC(CCNC(=O)c1cnc(Cc2c(Cl)cccc2Cl)[nH]c1=O)N(C)C. The Morgan fingerprint density at radius 1 is 1.31 bits per heavy atom. The lowest BCUT2D eigenvalue weighted by Gasteiger charge is -2.19. The summed E-state index contributed by atoms with van der Waals surface area (Å²) >= 11 is 12.3. The van der Waals surface area contributed by atoms with Gasteiger partial charge in [-0.3, -0.25) is 9.59 Å². The van der Waals surface area contributed by atoms with Crippen molar-refractivity contribution in [1.29, 1.82) is 0 Å². The first-order chi connectivity index (χ1) is 12.3. The number of amides is 1. The Labute approximate surface area is 162 Å². The Morgan fingerprint density at radius 3 is 2.54 bits per heavy atom. The average Bonchev–Trinajstić information content (AvgIpc) is 2.58. The van der Waals surface area contributed by atoms with E-state index in [1.807, 2.05) is 14.1 Å². The molecule has 0 aliphatic carbocycles. The molecule has 26 heavy (non-hydrogen) atoms. The number of carbonyl (C=O) groups is 1. The van der Waals surface area contributed by atoms with E-state index in [4.69, 9.17) is 23.2 Å². The fourth-order valence-electron chi connectivity index (χ4n) is 2.30. The van der Waals surface area contributed by atoms with Gasteiger partial charge in [-0.1, -0.05) is 29.3 Å². The molecule has 0 fully saturated rings. The van der Waals surface area contributed by atoms with Gasteiger partial charge in [-0.15, -0.1) is 0 Å². The Hall–Kier alpha value is -1.89. The molecule has 0 saturated carbocycles. The van der Waals surface area contributed by atoms with E-state index < -0.39 is 11.5 Å². The monoisotopic (exact) mass is 396 g/mol. The van der Waals surface area contributed by atoms with Gasteiger partial charge in [0.2, 0.25) is 0 Å². The van der Waals surface area contributed by atoms with Crippen LogP contribution in [-0.2, 0) is 6.42 Å². The summed E-state index contributed by atoms with van der Waals surface area (Å²) in [5, 5.41) is 3.74. The highest BCUT2D eigenvalue weighted by molar-refractivity contribution is 6.36. The molecule has 2 rings (SSSR count). The normalized spacial score (nSPS) is 12.2. The maximum Gasteiger partial charge on any atom is 0.263 e. The largest absolute Gasteiger partial charge is 0.352 e. The van der Waals surface area contributed by atoms with Crippen LogP contribution in [0.1, 0.15) is 35.1 Å². The number of rotatable bonds is 7. The van der Waals surface area contributed by atoms with Crippen molar-refractivity contribution in [2.75, 3.05) is 20.6 Å². The van der Waals surface area contributed by atoms with Gasteiger partial charge in [0.1, 0.15) is 11.4 Å². The molecule has 140 valence electrons.